The minimum atomic E-state index is 0.121. The van der Waals surface area contributed by atoms with E-state index in [1.807, 2.05) is 6.07 Å². The van der Waals surface area contributed by atoms with Crippen LogP contribution in [0.3, 0.4) is 0 Å². The highest BCUT2D eigenvalue weighted by Crippen LogP contribution is 2.31. The number of hydrogen-bond acceptors (Lipinski definition) is 3. The van der Waals surface area contributed by atoms with Crippen molar-refractivity contribution >= 4 is 38.9 Å². The molecule has 0 aliphatic carbocycles. The van der Waals surface area contributed by atoms with Gasteiger partial charge in [-0.1, -0.05) is 38.4 Å². The van der Waals surface area contributed by atoms with Gasteiger partial charge in [0.1, 0.15) is 5.01 Å². The van der Waals surface area contributed by atoms with E-state index in [1.54, 1.807) is 11.3 Å². The predicted octanol–water partition coefficient (Wildman–Crippen LogP) is 5.77. The van der Waals surface area contributed by atoms with Crippen LogP contribution in [0.5, 0.6) is 0 Å². The van der Waals surface area contributed by atoms with Gasteiger partial charge < -0.3 is 5.32 Å². The molecule has 21 heavy (non-hydrogen) atoms. The molecule has 2 nitrogen and oxygen atoms in total. The monoisotopic (exact) mass is 386 g/mol. The molecule has 2 aromatic rings. The fourth-order valence-corrected chi connectivity index (χ4v) is 3.62. The highest BCUT2D eigenvalue weighted by atomic mass is 79.9. The van der Waals surface area contributed by atoms with Crippen LogP contribution in [-0.2, 0) is 0 Å². The summed E-state index contributed by atoms with van der Waals surface area (Å²) in [6.45, 7) is 7.48. The molecule has 0 saturated carbocycles. The first kappa shape index (κ1) is 16.9. The number of thiazole rings is 1. The first-order chi connectivity index (χ1) is 10.0. The van der Waals surface area contributed by atoms with Crippen LogP contribution in [0.25, 0.3) is 0 Å². The maximum atomic E-state index is 6.10. The SMILES string of the molecule is CCCNC(c1ccc(Cl)c(Br)c1)c1nc(C(C)C)cs1. The Hall–Kier alpha value is -0.420. The van der Waals surface area contributed by atoms with Crippen molar-refractivity contribution in [2.75, 3.05) is 6.54 Å². The summed E-state index contributed by atoms with van der Waals surface area (Å²) in [6.07, 6.45) is 1.09. The topological polar surface area (TPSA) is 24.9 Å². The summed E-state index contributed by atoms with van der Waals surface area (Å²) >= 11 is 11.3. The van der Waals surface area contributed by atoms with E-state index in [0.29, 0.717) is 5.92 Å². The van der Waals surface area contributed by atoms with E-state index in [2.05, 4.69) is 59.5 Å². The minimum absolute atomic E-state index is 0.121. The summed E-state index contributed by atoms with van der Waals surface area (Å²) in [7, 11) is 0. The second kappa shape index (κ2) is 7.73. The summed E-state index contributed by atoms with van der Waals surface area (Å²) in [5.74, 6) is 0.457. The van der Waals surface area contributed by atoms with Crippen molar-refractivity contribution in [2.45, 2.75) is 39.2 Å². The van der Waals surface area contributed by atoms with Crippen molar-refractivity contribution in [1.29, 1.82) is 0 Å². The van der Waals surface area contributed by atoms with Crippen molar-refractivity contribution < 1.29 is 0 Å². The first-order valence-corrected chi connectivity index (χ1v) is 9.21. The van der Waals surface area contributed by atoms with Crippen LogP contribution in [-0.4, -0.2) is 11.5 Å². The van der Waals surface area contributed by atoms with E-state index >= 15 is 0 Å². The second-order valence-corrected chi connectivity index (χ2v) is 7.48. The second-order valence-electron chi connectivity index (χ2n) is 5.33. The lowest BCUT2D eigenvalue weighted by molar-refractivity contribution is 0.593. The molecular formula is C16H20BrClN2S. The smallest absolute Gasteiger partial charge is 0.114 e. The average Bonchev–Trinajstić information content (AvgIpc) is 2.93. The molecule has 1 atom stereocenters. The van der Waals surface area contributed by atoms with Crippen molar-refractivity contribution in [3.05, 3.63) is 49.3 Å². The van der Waals surface area contributed by atoms with Gasteiger partial charge in [-0.25, -0.2) is 4.98 Å². The third-order valence-corrected chi connectivity index (χ3v) is 5.40. The third-order valence-electron chi connectivity index (χ3n) is 3.25. The van der Waals surface area contributed by atoms with Crippen LogP contribution in [0.1, 0.15) is 55.4 Å². The van der Waals surface area contributed by atoms with Crippen molar-refractivity contribution in [1.82, 2.24) is 10.3 Å². The normalized spacial score (nSPS) is 12.9. The number of aromatic nitrogens is 1. The van der Waals surface area contributed by atoms with Gasteiger partial charge in [-0.15, -0.1) is 11.3 Å². The van der Waals surface area contributed by atoms with Gasteiger partial charge in [0, 0.05) is 9.85 Å². The van der Waals surface area contributed by atoms with E-state index in [4.69, 9.17) is 16.6 Å². The molecule has 1 aromatic heterocycles. The highest BCUT2D eigenvalue weighted by molar-refractivity contribution is 9.10. The zero-order chi connectivity index (χ0) is 15.4. The fraction of sp³-hybridized carbons (Fsp3) is 0.438. The van der Waals surface area contributed by atoms with Crippen molar-refractivity contribution in [2.24, 2.45) is 0 Å². The predicted molar refractivity (Wildman–Crippen MR) is 95.5 cm³/mol. The molecule has 0 bridgehead atoms. The van der Waals surface area contributed by atoms with Crippen LogP contribution in [0.15, 0.2) is 28.1 Å². The Kier molecular flexibility index (Phi) is 6.23. The molecule has 0 fully saturated rings. The fourth-order valence-electron chi connectivity index (χ4n) is 2.03. The summed E-state index contributed by atoms with van der Waals surface area (Å²) in [5.41, 5.74) is 2.34. The van der Waals surface area contributed by atoms with Crippen molar-refractivity contribution in [3.63, 3.8) is 0 Å². The maximum absolute atomic E-state index is 6.10. The van der Waals surface area contributed by atoms with Crippen LogP contribution in [0, 0.1) is 0 Å². The van der Waals surface area contributed by atoms with Crippen LogP contribution < -0.4 is 5.32 Å². The van der Waals surface area contributed by atoms with Gasteiger partial charge in [0.2, 0.25) is 0 Å². The molecule has 1 aromatic carbocycles. The Morgan fingerprint density at radius 1 is 1.38 bits per heavy atom. The number of hydrogen-bond donors (Lipinski definition) is 1. The lowest BCUT2D eigenvalue weighted by Crippen LogP contribution is -2.23. The summed E-state index contributed by atoms with van der Waals surface area (Å²) in [5, 5.41) is 7.59. The standard InChI is InChI=1S/C16H20BrClN2S/c1-4-7-19-15(11-5-6-13(18)12(17)8-11)16-20-14(9-21-16)10(2)3/h5-6,8-10,15,19H,4,7H2,1-3H3. The van der Waals surface area contributed by atoms with Gasteiger partial charge in [0.05, 0.1) is 16.8 Å². The Morgan fingerprint density at radius 2 is 2.14 bits per heavy atom. The summed E-state index contributed by atoms with van der Waals surface area (Å²) in [6, 6.07) is 6.19. The first-order valence-electron chi connectivity index (χ1n) is 7.16. The summed E-state index contributed by atoms with van der Waals surface area (Å²) < 4.78 is 0.922. The Balaban J connectivity index is 2.34. The number of benzene rings is 1. The molecule has 1 N–H and O–H groups in total. The Labute approximate surface area is 144 Å². The van der Waals surface area contributed by atoms with Gasteiger partial charge in [-0.2, -0.15) is 0 Å². The largest absolute Gasteiger partial charge is 0.304 e. The molecule has 5 heteroatoms. The van der Waals surface area contributed by atoms with Gasteiger partial charge in [0.25, 0.3) is 0 Å². The van der Waals surface area contributed by atoms with Gasteiger partial charge in [-0.3, -0.25) is 0 Å². The molecule has 114 valence electrons. The van der Waals surface area contributed by atoms with E-state index in [1.165, 1.54) is 5.56 Å². The summed E-state index contributed by atoms with van der Waals surface area (Å²) in [4.78, 5) is 4.80. The number of nitrogens with one attached hydrogen (secondary N) is 1. The lowest BCUT2D eigenvalue weighted by atomic mass is 10.1. The van der Waals surface area contributed by atoms with E-state index < -0.39 is 0 Å². The lowest BCUT2D eigenvalue weighted by Gasteiger charge is -2.17. The van der Waals surface area contributed by atoms with E-state index in [-0.39, 0.29) is 6.04 Å². The number of nitrogens with zero attached hydrogens (tertiary/aromatic N) is 1. The zero-order valence-electron chi connectivity index (χ0n) is 12.5. The highest BCUT2D eigenvalue weighted by Gasteiger charge is 2.18. The Morgan fingerprint density at radius 3 is 2.71 bits per heavy atom. The molecule has 0 aliphatic rings. The quantitative estimate of drug-likeness (QED) is 0.680. The molecule has 0 saturated heterocycles. The van der Waals surface area contributed by atoms with Crippen molar-refractivity contribution in [3.8, 4) is 0 Å². The van der Waals surface area contributed by atoms with Gasteiger partial charge in [-0.05, 0) is 52.5 Å². The molecule has 0 spiro atoms. The molecule has 0 aliphatic heterocycles. The average molecular weight is 388 g/mol. The Bertz CT molecular complexity index is 598. The van der Waals surface area contributed by atoms with E-state index in [0.717, 1.165) is 33.2 Å². The van der Waals surface area contributed by atoms with Crippen LogP contribution >= 0.6 is 38.9 Å². The van der Waals surface area contributed by atoms with Crippen LogP contribution in [0.2, 0.25) is 5.02 Å². The molecule has 1 heterocycles. The molecule has 0 amide bonds. The number of rotatable bonds is 6. The van der Waals surface area contributed by atoms with Crippen LogP contribution in [0.4, 0.5) is 0 Å². The zero-order valence-corrected chi connectivity index (χ0v) is 15.6. The molecule has 0 radical (unpaired) electrons. The molecule has 1 unspecified atom stereocenters. The molecular weight excluding hydrogens is 368 g/mol. The van der Waals surface area contributed by atoms with E-state index in [9.17, 15) is 0 Å². The van der Waals surface area contributed by atoms with Gasteiger partial charge >= 0.3 is 0 Å². The third kappa shape index (κ3) is 4.28. The van der Waals surface area contributed by atoms with Gasteiger partial charge in [0.15, 0.2) is 0 Å². The number of halogens is 2. The maximum Gasteiger partial charge on any atom is 0.114 e. The minimum Gasteiger partial charge on any atom is -0.304 e. The molecule has 2 rings (SSSR count).